The van der Waals surface area contributed by atoms with Crippen molar-refractivity contribution in [3.63, 3.8) is 0 Å². The summed E-state index contributed by atoms with van der Waals surface area (Å²) in [5, 5.41) is 11.4. The topological polar surface area (TPSA) is 37.3 Å². The van der Waals surface area contributed by atoms with Gasteiger partial charge in [0.1, 0.15) is 0 Å². The molecular formula is C19H16O2. The van der Waals surface area contributed by atoms with Crippen LogP contribution in [0.25, 0.3) is 21.9 Å². The van der Waals surface area contributed by atoms with E-state index in [-0.39, 0.29) is 0 Å². The third kappa shape index (κ3) is 2.40. The van der Waals surface area contributed by atoms with E-state index in [1.165, 1.54) is 0 Å². The molecule has 3 rings (SSSR count). The normalized spacial score (nSPS) is 10.8. The number of benzene rings is 3. The molecule has 0 atom stereocenters. The van der Waals surface area contributed by atoms with Gasteiger partial charge in [0.25, 0.3) is 0 Å². The Labute approximate surface area is 123 Å². The summed E-state index contributed by atoms with van der Waals surface area (Å²) in [7, 11) is 0. The zero-order chi connectivity index (χ0) is 15.0. The van der Waals surface area contributed by atoms with Gasteiger partial charge in [0.15, 0.2) is 0 Å². The summed E-state index contributed by atoms with van der Waals surface area (Å²) in [4.78, 5) is 11.8. The van der Waals surface area contributed by atoms with Crippen molar-refractivity contribution in [1.82, 2.24) is 0 Å². The molecule has 2 heteroatoms. The highest BCUT2D eigenvalue weighted by atomic mass is 16.4. The molecule has 3 aromatic carbocycles. The molecule has 0 bridgehead atoms. The molecule has 104 valence electrons. The quantitative estimate of drug-likeness (QED) is 0.728. The maximum Gasteiger partial charge on any atom is 0.336 e. The SMILES string of the molecule is Cc1cc(C)cc(-c2ccc3ccccc3c2C(=O)O)c1. The molecule has 0 aliphatic carbocycles. The smallest absolute Gasteiger partial charge is 0.336 e. The number of hydrogen-bond donors (Lipinski definition) is 1. The Bertz CT molecular complexity index is 827. The van der Waals surface area contributed by atoms with Gasteiger partial charge in [0.2, 0.25) is 0 Å². The lowest BCUT2D eigenvalue weighted by atomic mass is 9.92. The van der Waals surface area contributed by atoms with Gasteiger partial charge in [-0.25, -0.2) is 4.79 Å². The molecular weight excluding hydrogens is 260 g/mol. The number of fused-ring (bicyclic) bond motifs is 1. The summed E-state index contributed by atoms with van der Waals surface area (Å²) >= 11 is 0. The Morgan fingerprint density at radius 2 is 1.57 bits per heavy atom. The molecule has 0 saturated heterocycles. The highest BCUT2D eigenvalue weighted by molar-refractivity contribution is 6.09. The van der Waals surface area contributed by atoms with Crippen molar-refractivity contribution in [2.75, 3.05) is 0 Å². The van der Waals surface area contributed by atoms with Crippen molar-refractivity contribution in [1.29, 1.82) is 0 Å². The molecule has 0 aliphatic rings. The highest BCUT2D eigenvalue weighted by Crippen LogP contribution is 2.31. The van der Waals surface area contributed by atoms with E-state index in [9.17, 15) is 9.90 Å². The zero-order valence-electron chi connectivity index (χ0n) is 12.1. The lowest BCUT2D eigenvalue weighted by molar-refractivity contribution is 0.0700. The Morgan fingerprint density at radius 1 is 0.905 bits per heavy atom. The Hall–Kier alpha value is -2.61. The summed E-state index contributed by atoms with van der Waals surface area (Å²) in [6, 6.07) is 17.6. The molecule has 0 unspecified atom stereocenters. The lowest BCUT2D eigenvalue weighted by Crippen LogP contribution is -2.01. The van der Waals surface area contributed by atoms with Crippen molar-refractivity contribution in [3.8, 4) is 11.1 Å². The number of carboxylic acid groups (broad SMARTS) is 1. The zero-order valence-corrected chi connectivity index (χ0v) is 12.1. The fourth-order valence-corrected chi connectivity index (χ4v) is 2.87. The molecule has 21 heavy (non-hydrogen) atoms. The van der Waals surface area contributed by atoms with Crippen LogP contribution in [0.4, 0.5) is 0 Å². The van der Waals surface area contributed by atoms with E-state index in [4.69, 9.17) is 0 Å². The molecule has 0 spiro atoms. The Kier molecular flexibility index (Phi) is 3.22. The molecule has 0 aliphatic heterocycles. The lowest BCUT2D eigenvalue weighted by Gasteiger charge is -2.11. The first-order valence-electron chi connectivity index (χ1n) is 6.90. The van der Waals surface area contributed by atoms with E-state index >= 15 is 0 Å². The molecule has 0 fully saturated rings. The van der Waals surface area contributed by atoms with Crippen LogP contribution < -0.4 is 0 Å². The van der Waals surface area contributed by atoms with Crippen LogP contribution in [0.1, 0.15) is 21.5 Å². The van der Waals surface area contributed by atoms with Crippen LogP contribution in [0, 0.1) is 13.8 Å². The summed E-state index contributed by atoms with van der Waals surface area (Å²) in [5.74, 6) is -0.888. The predicted molar refractivity (Wildman–Crippen MR) is 85.8 cm³/mol. The highest BCUT2D eigenvalue weighted by Gasteiger charge is 2.15. The van der Waals surface area contributed by atoms with E-state index in [1.807, 2.05) is 62.4 Å². The third-order valence-electron chi connectivity index (χ3n) is 3.68. The standard InChI is InChI=1S/C19H16O2/c1-12-9-13(2)11-15(10-12)17-8-7-14-5-3-4-6-16(14)18(17)19(20)21/h3-11H,1-2H3,(H,20,21). The maximum absolute atomic E-state index is 11.8. The van der Waals surface area contributed by atoms with Crippen LogP contribution in [-0.2, 0) is 0 Å². The Balaban J connectivity index is 2.37. The van der Waals surface area contributed by atoms with Crippen LogP contribution in [0.3, 0.4) is 0 Å². The first-order valence-corrected chi connectivity index (χ1v) is 6.90. The molecule has 2 nitrogen and oxygen atoms in total. The largest absolute Gasteiger partial charge is 0.478 e. The molecule has 0 saturated carbocycles. The molecule has 1 N–H and O–H groups in total. The average molecular weight is 276 g/mol. The number of carboxylic acids is 1. The van der Waals surface area contributed by atoms with Crippen molar-refractivity contribution in [2.45, 2.75) is 13.8 Å². The fourth-order valence-electron chi connectivity index (χ4n) is 2.87. The Morgan fingerprint density at radius 3 is 2.24 bits per heavy atom. The summed E-state index contributed by atoms with van der Waals surface area (Å²) in [6.45, 7) is 4.05. The second kappa shape index (κ2) is 5.06. The first-order chi connectivity index (χ1) is 10.1. The van der Waals surface area contributed by atoms with E-state index in [0.717, 1.165) is 33.0 Å². The van der Waals surface area contributed by atoms with Gasteiger partial charge in [0.05, 0.1) is 5.56 Å². The first kappa shape index (κ1) is 13.4. The second-order valence-corrected chi connectivity index (χ2v) is 5.39. The van der Waals surface area contributed by atoms with Gasteiger partial charge in [-0.05, 0) is 35.7 Å². The number of rotatable bonds is 2. The van der Waals surface area contributed by atoms with Gasteiger partial charge < -0.3 is 5.11 Å². The van der Waals surface area contributed by atoms with Gasteiger partial charge >= 0.3 is 5.97 Å². The van der Waals surface area contributed by atoms with Gasteiger partial charge in [-0.1, -0.05) is 65.7 Å². The molecule has 0 heterocycles. The molecule has 0 radical (unpaired) electrons. The minimum atomic E-state index is -0.888. The number of hydrogen-bond acceptors (Lipinski definition) is 1. The summed E-state index contributed by atoms with van der Waals surface area (Å²) < 4.78 is 0. The van der Waals surface area contributed by atoms with Gasteiger partial charge in [-0.15, -0.1) is 0 Å². The van der Waals surface area contributed by atoms with Crippen molar-refractivity contribution in [3.05, 3.63) is 71.3 Å². The van der Waals surface area contributed by atoms with E-state index in [1.54, 1.807) is 0 Å². The van der Waals surface area contributed by atoms with E-state index in [2.05, 4.69) is 6.07 Å². The summed E-state index contributed by atoms with van der Waals surface area (Å²) in [6.07, 6.45) is 0. The van der Waals surface area contributed by atoms with Crippen LogP contribution >= 0.6 is 0 Å². The predicted octanol–water partition coefficient (Wildman–Crippen LogP) is 4.82. The number of aromatic carboxylic acids is 1. The van der Waals surface area contributed by atoms with Crippen LogP contribution in [-0.4, -0.2) is 11.1 Å². The minimum absolute atomic E-state index is 0.373. The summed E-state index contributed by atoms with van der Waals surface area (Å²) in [5.41, 5.74) is 4.37. The molecule has 0 amide bonds. The fraction of sp³-hybridized carbons (Fsp3) is 0.105. The minimum Gasteiger partial charge on any atom is -0.478 e. The average Bonchev–Trinajstić information content (AvgIpc) is 2.44. The van der Waals surface area contributed by atoms with Crippen LogP contribution in [0.5, 0.6) is 0 Å². The number of carbonyl (C=O) groups is 1. The van der Waals surface area contributed by atoms with Crippen LogP contribution in [0.15, 0.2) is 54.6 Å². The third-order valence-corrected chi connectivity index (χ3v) is 3.68. The van der Waals surface area contributed by atoms with E-state index in [0.29, 0.717) is 5.56 Å². The van der Waals surface area contributed by atoms with E-state index < -0.39 is 5.97 Å². The monoisotopic (exact) mass is 276 g/mol. The number of aryl methyl sites for hydroxylation is 2. The second-order valence-electron chi connectivity index (χ2n) is 5.39. The molecule has 3 aromatic rings. The van der Waals surface area contributed by atoms with Crippen molar-refractivity contribution < 1.29 is 9.90 Å². The van der Waals surface area contributed by atoms with Gasteiger partial charge in [-0.3, -0.25) is 0 Å². The van der Waals surface area contributed by atoms with Gasteiger partial charge in [0, 0.05) is 0 Å². The van der Waals surface area contributed by atoms with Gasteiger partial charge in [-0.2, -0.15) is 0 Å². The molecule has 0 aromatic heterocycles. The maximum atomic E-state index is 11.8. The van der Waals surface area contributed by atoms with Crippen LogP contribution in [0.2, 0.25) is 0 Å². The van der Waals surface area contributed by atoms with Crippen molar-refractivity contribution >= 4 is 16.7 Å². The van der Waals surface area contributed by atoms with Crippen molar-refractivity contribution in [2.24, 2.45) is 0 Å².